The maximum atomic E-state index is 6.74. The van der Waals surface area contributed by atoms with E-state index in [4.69, 9.17) is 29.4 Å². The number of benzene rings is 4. The van der Waals surface area contributed by atoms with Crippen LogP contribution in [-0.2, 0) is 52.1 Å². The minimum absolute atomic E-state index is 0.648. The normalized spacial score (nSPS) is 11.4. The molecule has 8 nitrogen and oxygen atoms in total. The molecule has 0 unspecified atom stereocenters. The van der Waals surface area contributed by atoms with Gasteiger partial charge >= 0.3 is 0 Å². The molecule has 0 radical (unpaired) electrons. The molecule has 82 heavy (non-hydrogen) atoms. The first-order valence-corrected chi connectivity index (χ1v) is 31.3. The fourth-order valence-corrected chi connectivity index (χ4v) is 11.0. The van der Waals surface area contributed by atoms with Crippen molar-refractivity contribution < 1.29 is 9.47 Å². The molecule has 8 rings (SSSR count). The Labute approximate surface area is 492 Å². The summed E-state index contributed by atoms with van der Waals surface area (Å²) in [6.45, 7) is 10.1. The van der Waals surface area contributed by atoms with E-state index in [1.165, 1.54) is 134 Å². The predicted octanol–water partition coefficient (Wildman–Crippen LogP) is 18.6. The summed E-state index contributed by atoms with van der Waals surface area (Å²) in [7, 11) is 0. The van der Waals surface area contributed by atoms with Crippen LogP contribution >= 0.6 is 0 Å². The van der Waals surface area contributed by atoms with E-state index in [1.807, 2.05) is 49.1 Å². The summed E-state index contributed by atoms with van der Waals surface area (Å²) >= 11 is 0. The number of ether oxygens (including phenoxy) is 2. The van der Waals surface area contributed by atoms with Gasteiger partial charge in [0.2, 0.25) is 0 Å². The van der Waals surface area contributed by atoms with Crippen LogP contribution in [0.2, 0.25) is 0 Å². The SMILES string of the molecule is CCCCCCCCCc1ccc(-c2ccc(OCCCCCCOc3ccc(-c4ccc(CCCCCCCCC)cc4)cc3CN(Cc3ccccn3)Cc3ccccn3)c(CN(Cc3ccccn3)Cc3ccccn3)c2)cc1. The third kappa shape index (κ3) is 21.7. The highest BCUT2D eigenvalue weighted by Gasteiger charge is 2.17. The molecule has 430 valence electrons. The number of aromatic nitrogens is 4. The summed E-state index contributed by atoms with van der Waals surface area (Å²) in [5.74, 6) is 1.87. The molecule has 0 amide bonds. The van der Waals surface area contributed by atoms with Crippen molar-refractivity contribution in [2.24, 2.45) is 0 Å². The third-order valence-electron chi connectivity index (χ3n) is 15.6. The molecular weight excluding hydrogens is 1000 g/mol. The first-order chi connectivity index (χ1) is 40.6. The van der Waals surface area contributed by atoms with E-state index in [0.29, 0.717) is 52.5 Å². The summed E-state index contributed by atoms with van der Waals surface area (Å²) in [6, 6.07) is 56.6. The Balaban J connectivity index is 0.900. The van der Waals surface area contributed by atoms with E-state index in [-0.39, 0.29) is 0 Å². The first-order valence-electron chi connectivity index (χ1n) is 31.3. The van der Waals surface area contributed by atoms with Crippen LogP contribution < -0.4 is 9.47 Å². The van der Waals surface area contributed by atoms with Crippen molar-refractivity contribution in [2.75, 3.05) is 13.2 Å². The molecule has 0 spiro atoms. The lowest BCUT2D eigenvalue weighted by Crippen LogP contribution is -2.24. The zero-order valence-electron chi connectivity index (χ0n) is 49.6. The molecule has 0 saturated carbocycles. The van der Waals surface area contributed by atoms with Crippen molar-refractivity contribution in [1.29, 1.82) is 0 Å². The highest BCUT2D eigenvalue weighted by atomic mass is 16.5. The van der Waals surface area contributed by atoms with E-state index in [9.17, 15) is 0 Å². The fourth-order valence-electron chi connectivity index (χ4n) is 11.0. The fraction of sp³-hybridized carbons (Fsp3) is 0.405. The quantitative estimate of drug-likeness (QED) is 0.0353. The van der Waals surface area contributed by atoms with Crippen LogP contribution in [0.1, 0.15) is 174 Å². The van der Waals surface area contributed by atoms with Gasteiger partial charge in [0.1, 0.15) is 11.5 Å². The van der Waals surface area contributed by atoms with Gasteiger partial charge in [-0.1, -0.05) is 176 Å². The van der Waals surface area contributed by atoms with Crippen molar-refractivity contribution in [3.05, 3.63) is 228 Å². The van der Waals surface area contributed by atoms with Crippen LogP contribution in [0, 0.1) is 0 Å². The number of hydrogen-bond donors (Lipinski definition) is 0. The minimum Gasteiger partial charge on any atom is -0.493 e. The standard InChI is InChI=1S/C74H92N6O2/c1-3-5-7-9-11-13-17-29-61-35-39-63(40-36-61)65-43-45-73(67(53-65)55-79(57-69-31-19-23-47-75-69)58-70-32-20-24-48-76-70)81-51-27-15-16-28-52-82-74-46-44-66(64-41-37-62(38-42-64)30-18-14-12-10-8-6-4-2)54-68(74)56-80(59-71-33-21-25-49-77-71)60-72-34-22-26-50-78-72/h19-26,31-50,53-54H,3-18,27-30,51-52,55-60H2,1-2H3. The minimum atomic E-state index is 0.648. The molecule has 0 aliphatic carbocycles. The maximum Gasteiger partial charge on any atom is 0.123 e. The first kappa shape index (κ1) is 61.1. The topological polar surface area (TPSA) is 76.5 Å². The van der Waals surface area contributed by atoms with E-state index in [1.54, 1.807) is 0 Å². The highest BCUT2D eigenvalue weighted by molar-refractivity contribution is 5.67. The second-order valence-corrected chi connectivity index (χ2v) is 22.5. The number of unbranched alkanes of at least 4 members (excludes halogenated alkanes) is 15. The maximum absolute atomic E-state index is 6.74. The van der Waals surface area contributed by atoms with Crippen LogP contribution in [0.3, 0.4) is 0 Å². The molecule has 0 aliphatic rings. The zero-order chi connectivity index (χ0) is 56.5. The van der Waals surface area contributed by atoms with E-state index in [0.717, 1.165) is 72.8 Å². The van der Waals surface area contributed by atoms with Crippen molar-refractivity contribution in [3.63, 3.8) is 0 Å². The Kier molecular flexibility index (Phi) is 26.6. The molecule has 0 bridgehead atoms. The number of pyridine rings is 4. The second-order valence-electron chi connectivity index (χ2n) is 22.5. The Hall–Kier alpha value is -7.00. The zero-order valence-corrected chi connectivity index (χ0v) is 49.6. The lowest BCUT2D eigenvalue weighted by Gasteiger charge is -2.24. The van der Waals surface area contributed by atoms with Gasteiger partial charge in [0.05, 0.1) is 36.0 Å². The van der Waals surface area contributed by atoms with Crippen LogP contribution in [-0.4, -0.2) is 42.9 Å². The summed E-state index contributed by atoms with van der Waals surface area (Å²) < 4.78 is 13.5. The van der Waals surface area contributed by atoms with E-state index >= 15 is 0 Å². The number of nitrogens with zero attached hydrogens (tertiary/aromatic N) is 6. The predicted molar refractivity (Wildman–Crippen MR) is 339 cm³/mol. The van der Waals surface area contributed by atoms with Gasteiger partial charge < -0.3 is 9.47 Å². The van der Waals surface area contributed by atoms with Crippen molar-refractivity contribution >= 4 is 0 Å². The summed E-state index contributed by atoms with van der Waals surface area (Å²) in [6.07, 6.45) is 32.4. The third-order valence-corrected chi connectivity index (χ3v) is 15.6. The lowest BCUT2D eigenvalue weighted by molar-refractivity contribution is 0.231. The Morgan fingerprint density at radius 2 is 0.622 bits per heavy atom. The Morgan fingerprint density at radius 3 is 0.951 bits per heavy atom. The summed E-state index contributed by atoms with van der Waals surface area (Å²) in [5, 5.41) is 0. The average Bonchev–Trinajstić information content (AvgIpc) is 3.60. The molecule has 0 N–H and O–H groups in total. The average molecular weight is 1100 g/mol. The number of hydrogen-bond acceptors (Lipinski definition) is 8. The molecule has 8 heteroatoms. The van der Waals surface area contributed by atoms with Gasteiger partial charge in [-0.3, -0.25) is 29.7 Å². The smallest absolute Gasteiger partial charge is 0.123 e. The summed E-state index contributed by atoms with van der Waals surface area (Å²) in [4.78, 5) is 23.7. The van der Waals surface area contributed by atoms with Crippen molar-refractivity contribution in [3.8, 4) is 33.8 Å². The molecule has 4 heterocycles. The van der Waals surface area contributed by atoms with Gasteiger partial charge in [-0.15, -0.1) is 0 Å². The van der Waals surface area contributed by atoms with Gasteiger partial charge in [0.25, 0.3) is 0 Å². The van der Waals surface area contributed by atoms with E-state index in [2.05, 4.69) is 157 Å². The second kappa shape index (κ2) is 35.8. The molecule has 4 aromatic heterocycles. The largest absolute Gasteiger partial charge is 0.493 e. The van der Waals surface area contributed by atoms with E-state index < -0.39 is 0 Å². The van der Waals surface area contributed by atoms with Gasteiger partial charge in [0.15, 0.2) is 0 Å². The number of aryl methyl sites for hydroxylation is 2. The van der Waals surface area contributed by atoms with Crippen LogP contribution in [0.5, 0.6) is 11.5 Å². The summed E-state index contributed by atoms with van der Waals surface area (Å²) in [5.41, 5.74) is 14.2. The molecular formula is C74H92N6O2. The lowest BCUT2D eigenvalue weighted by atomic mass is 9.99. The molecule has 0 aliphatic heterocycles. The molecule has 8 aromatic rings. The van der Waals surface area contributed by atoms with Crippen molar-refractivity contribution in [2.45, 2.75) is 182 Å². The van der Waals surface area contributed by atoms with Crippen LogP contribution in [0.25, 0.3) is 22.3 Å². The molecule has 4 aromatic carbocycles. The van der Waals surface area contributed by atoms with Gasteiger partial charge in [-0.05, 0) is 158 Å². The van der Waals surface area contributed by atoms with Gasteiger partial charge in [-0.2, -0.15) is 0 Å². The van der Waals surface area contributed by atoms with Crippen molar-refractivity contribution in [1.82, 2.24) is 29.7 Å². The Bertz CT molecular complexity index is 2670. The Morgan fingerprint density at radius 1 is 0.305 bits per heavy atom. The molecule has 0 saturated heterocycles. The highest BCUT2D eigenvalue weighted by Crippen LogP contribution is 2.32. The number of rotatable bonds is 39. The monoisotopic (exact) mass is 1100 g/mol. The van der Waals surface area contributed by atoms with Gasteiger partial charge in [-0.25, -0.2) is 0 Å². The molecule has 0 atom stereocenters. The van der Waals surface area contributed by atoms with Gasteiger partial charge in [0, 0.05) is 75.2 Å². The van der Waals surface area contributed by atoms with Crippen LogP contribution in [0.15, 0.2) is 183 Å². The van der Waals surface area contributed by atoms with Crippen LogP contribution in [0.4, 0.5) is 0 Å². The molecule has 0 fully saturated rings.